The molecule has 2 N–H and O–H groups in total. The van der Waals surface area contributed by atoms with Gasteiger partial charge >= 0.3 is 0 Å². The molecule has 0 amide bonds. The molecule has 0 atom stereocenters. The summed E-state index contributed by atoms with van der Waals surface area (Å²) in [5.74, 6) is 0.929. The lowest BCUT2D eigenvalue weighted by Crippen LogP contribution is -2.04. The number of nitrogens with two attached hydrogens (primary N) is 1. The standard InChI is InChI=1S/C11H16BrNO/c1-2-7-14-10-3-4-11(12)9(8-10)5-6-13/h3-4,8H,2,5-7,13H2,1H3. The van der Waals surface area contributed by atoms with Crippen molar-refractivity contribution in [2.75, 3.05) is 13.2 Å². The summed E-state index contributed by atoms with van der Waals surface area (Å²) < 4.78 is 6.64. The highest BCUT2D eigenvalue weighted by molar-refractivity contribution is 9.10. The molecule has 0 saturated heterocycles. The van der Waals surface area contributed by atoms with Crippen LogP contribution in [0.4, 0.5) is 0 Å². The van der Waals surface area contributed by atoms with E-state index in [0.29, 0.717) is 6.54 Å². The highest BCUT2D eigenvalue weighted by atomic mass is 79.9. The number of hydrogen-bond acceptors (Lipinski definition) is 2. The van der Waals surface area contributed by atoms with E-state index in [1.807, 2.05) is 18.2 Å². The topological polar surface area (TPSA) is 35.2 Å². The maximum absolute atomic E-state index is 5.54. The van der Waals surface area contributed by atoms with Crippen LogP contribution in [0.15, 0.2) is 22.7 Å². The van der Waals surface area contributed by atoms with E-state index >= 15 is 0 Å². The molecule has 78 valence electrons. The van der Waals surface area contributed by atoms with Crippen molar-refractivity contribution in [2.24, 2.45) is 5.73 Å². The van der Waals surface area contributed by atoms with Gasteiger partial charge in [0.05, 0.1) is 6.61 Å². The van der Waals surface area contributed by atoms with Crippen molar-refractivity contribution < 1.29 is 4.74 Å². The Labute approximate surface area is 93.6 Å². The molecule has 0 aromatic heterocycles. The van der Waals surface area contributed by atoms with Gasteiger partial charge in [-0.3, -0.25) is 0 Å². The summed E-state index contributed by atoms with van der Waals surface area (Å²) in [6.45, 7) is 3.53. The molecule has 0 bridgehead atoms. The molecule has 3 heteroatoms. The monoisotopic (exact) mass is 257 g/mol. The van der Waals surface area contributed by atoms with Crippen LogP contribution in [0.2, 0.25) is 0 Å². The first-order valence-corrected chi connectivity index (χ1v) is 5.68. The van der Waals surface area contributed by atoms with E-state index in [-0.39, 0.29) is 0 Å². The highest BCUT2D eigenvalue weighted by Gasteiger charge is 2.01. The molecule has 0 aliphatic rings. The van der Waals surface area contributed by atoms with Crippen molar-refractivity contribution in [3.8, 4) is 5.75 Å². The lowest BCUT2D eigenvalue weighted by molar-refractivity contribution is 0.317. The van der Waals surface area contributed by atoms with Crippen LogP contribution in [-0.2, 0) is 6.42 Å². The van der Waals surface area contributed by atoms with E-state index in [2.05, 4.69) is 22.9 Å². The minimum atomic E-state index is 0.663. The van der Waals surface area contributed by atoms with Crippen LogP contribution in [0.1, 0.15) is 18.9 Å². The van der Waals surface area contributed by atoms with Crippen LogP contribution >= 0.6 is 15.9 Å². The first kappa shape index (κ1) is 11.5. The fraction of sp³-hybridized carbons (Fsp3) is 0.455. The number of hydrogen-bond donors (Lipinski definition) is 1. The van der Waals surface area contributed by atoms with Gasteiger partial charge in [-0.1, -0.05) is 22.9 Å². The molecule has 0 fully saturated rings. The minimum absolute atomic E-state index is 0.663. The van der Waals surface area contributed by atoms with Crippen LogP contribution in [0.3, 0.4) is 0 Å². The molecule has 14 heavy (non-hydrogen) atoms. The number of rotatable bonds is 5. The second kappa shape index (κ2) is 6.04. The zero-order chi connectivity index (χ0) is 10.4. The lowest BCUT2D eigenvalue weighted by atomic mass is 10.1. The van der Waals surface area contributed by atoms with E-state index in [1.54, 1.807) is 0 Å². The van der Waals surface area contributed by atoms with Gasteiger partial charge in [0.25, 0.3) is 0 Å². The fourth-order valence-electron chi connectivity index (χ4n) is 1.21. The summed E-state index contributed by atoms with van der Waals surface area (Å²) in [6.07, 6.45) is 1.91. The quantitative estimate of drug-likeness (QED) is 0.881. The van der Waals surface area contributed by atoms with Crippen molar-refractivity contribution in [3.05, 3.63) is 28.2 Å². The Morgan fingerprint density at radius 1 is 1.43 bits per heavy atom. The zero-order valence-corrected chi connectivity index (χ0v) is 10.0. The third-order valence-corrected chi connectivity index (χ3v) is 2.68. The van der Waals surface area contributed by atoms with Gasteiger partial charge in [0, 0.05) is 4.47 Å². The van der Waals surface area contributed by atoms with Gasteiger partial charge in [-0.25, -0.2) is 0 Å². The van der Waals surface area contributed by atoms with Crippen molar-refractivity contribution in [1.29, 1.82) is 0 Å². The minimum Gasteiger partial charge on any atom is -0.494 e. The zero-order valence-electron chi connectivity index (χ0n) is 8.42. The largest absolute Gasteiger partial charge is 0.494 e. The molecule has 0 heterocycles. The molecular weight excluding hydrogens is 242 g/mol. The van der Waals surface area contributed by atoms with E-state index in [9.17, 15) is 0 Å². The molecule has 0 radical (unpaired) electrons. The maximum Gasteiger partial charge on any atom is 0.119 e. The van der Waals surface area contributed by atoms with Crippen molar-refractivity contribution >= 4 is 15.9 Å². The Bertz CT molecular complexity index is 289. The van der Waals surface area contributed by atoms with E-state index in [1.165, 1.54) is 5.56 Å². The van der Waals surface area contributed by atoms with Crippen molar-refractivity contribution in [1.82, 2.24) is 0 Å². The third-order valence-electron chi connectivity index (χ3n) is 1.90. The average Bonchev–Trinajstić information content (AvgIpc) is 2.19. The molecule has 2 nitrogen and oxygen atoms in total. The third kappa shape index (κ3) is 3.31. The Morgan fingerprint density at radius 3 is 2.86 bits per heavy atom. The first-order valence-electron chi connectivity index (χ1n) is 4.89. The summed E-state index contributed by atoms with van der Waals surface area (Å²) in [7, 11) is 0. The number of halogens is 1. The molecule has 1 rings (SSSR count). The van der Waals surface area contributed by atoms with Gasteiger partial charge in [0.2, 0.25) is 0 Å². The van der Waals surface area contributed by atoms with E-state index < -0.39 is 0 Å². The summed E-state index contributed by atoms with van der Waals surface area (Å²) >= 11 is 3.49. The SMILES string of the molecule is CCCOc1ccc(Br)c(CCN)c1. The summed E-state index contributed by atoms with van der Waals surface area (Å²) in [5.41, 5.74) is 6.73. The summed E-state index contributed by atoms with van der Waals surface area (Å²) in [5, 5.41) is 0. The molecular formula is C11H16BrNO. The van der Waals surface area contributed by atoms with Crippen LogP contribution in [0.25, 0.3) is 0 Å². The summed E-state index contributed by atoms with van der Waals surface area (Å²) in [6, 6.07) is 6.03. The van der Waals surface area contributed by atoms with Gasteiger partial charge in [-0.2, -0.15) is 0 Å². The lowest BCUT2D eigenvalue weighted by Gasteiger charge is -2.08. The normalized spacial score (nSPS) is 10.2. The Balaban J connectivity index is 2.72. The first-order chi connectivity index (χ1) is 6.77. The van der Waals surface area contributed by atoms with Crippen LogP contribution in [0, 0.1) is 0 Å². The van der Waals surface area contributed by atoms with Crippen LogP contribution < -0.4 is 10.5 Å². The predicted octanol–water partition coefficient (Wildman–Crippen LogP) is 2.74. The van der Waals surface area contributed by atoms with E-state index in [4.69, 9.17) is 10.5 Å². The van der Waals surface area contributed by atoms with Gasteiger partial charge in [0.15, 0.2) is 0 Å². The molecule has 0 aliphatic carbocycles. The second-order valence-corrected chi connectivity index (χ2v) is 3.99. The molecule has 1 aromatic carbocycles. The molecule has 0 unspecified atom stereocenters. The molecule has 0 aliphatic heterocycles. The highest BCUT2D eigenvalue weighted by Crippen LogP contribution is 2.22. The molecule has 1 aromatic rings. The van der Waals surface area contributed by atoms with Gasteiger partial charge in [-0.05, 0) is 43.1 Å². The molecule has 0 saturated carbocycles. The second-order valence-electron chi connectivity index (χ2n) is 3.14. The Hall–Kier alpha value is -0.540. The van der Waals surface area contributed by atoms with E-state index in [0.717, 1.165) is 29.7 Å². The predicted molar refractivity (Wildman–Crippen MR) is 62.7 cm³/mol. The van der Waals surface area contributed by atoms with Gasteiger partial charge in [-0.15, -0.1) is 0 Å². The summed E-state index contributed by atoms with van der Waals surface area (Å²) in [4.78, 5) is 0. The molecule has 0 spiro atoms. The Morgan fingerprint density at radius 2 is 2.21 bits per heavy atom. The Kier molecular flexibility index (Phi) is 4.98. The van der Waals surface area contributed by atoms with Crippen molar-refractivity contribution in [2.45, 2.75) is 19.8 Å². The van der Waals surface area contributed by atoms with Crippen LogP contribution in [-0.4, -0.2) is 13.2 Å². The smallest absolute Gasteiger partial charge is 0.119 e. The average molecular weight is 258 g/mol. The maximum atomic E-state index is 5.54. The number of benzene rings is 1. The van der Waals surface area contributed by atoms with Gasteiger partial charge in [0.1, 0.15) is 5.75 Å². The number of ether oxygens (including phenoxy) is 1. The van der Waals surface area contributed by atoms with Crippen LogP contribution in [0.5, 0.6) is 5.75 Å². The van der Waals surface area contributed by atoms with Crippen molar-refractivity contribution in [3.63, 3.8) is 0 Å². The fourth-order valence-corrected chi connectivity index (χ4v) is 1.65. The van der Waals surface area contributed by atoms with Gasteiger partial charge < -0.3 is 10.5 Å².